The van der Waals surface area contributed by atoms with Crippen LogP contribution in [-0.4, -0.2) is 35.8 Å². The molecule has 0 saturated carbocycles. The van der Waals surface area contributed by atoms with Crippen LogP contribution in [0.3, 0.4) is 0 Å². The van der Waals surface area contributed by atoms with Crippen molar-refractivity contribution in [2.75, 3.05) is 13.1 Å². The largest absolute Gasteiger partial charge is 0.461 e. The summed E-state index contributed by atoms with van der Waals surface area (Å²) in [5.41, 5.74) is 1.80. The predicted molar refractivity (Wildman–Crippen MR) is 91.6 cm³/mol. The summed E-state index contributed by atoms with van der Waals surface area (Å²) in [4.78, 5) is 26.3. The fourth-order valence-corrected chi connectivity index (χ4v) is 2.96. The summed E-state index contributed by atoms with van der Waals surface area (Å²) in [6, 6.07) is 19.1. The van der Waals surface area contributed by atoms with Gasteiger partial charge < -0.3 is 4.74 Å². The van der Waals surface area contributed by atoms with Gasteiger partial charge in [0, 0.05) is 25.2 Å². The van der Waals surface area contributed by atoms with Gasteiger partial charge in [-0.15, -0.1) is 0 Å². The SMILES string of the molecule is O=C(CC(=O)c1ccccc1)OC1CCN(Cc2ccccc2)C1. The molecule has 0 bridgehead atoms. The molecule has 1 fully saturated rings. The number of rotatable bonds is 6. The van der Waals surface area contributed by atoms with Gasteiger partial charge in [0.25, 0.3) is 0 Å². The summed E-state index contributed by atoms with van der Waals surface area (Å²) in [6.45, 7) is 2.48. The number of ketones is 1. The third kappa shape index (κ3) is 4.52. The van der Waals surface area contributed by atoms with E-state index in [1.165, 1.54) is 5.56 Å². The van der Waals surface area contributed by atoms with Gasteiger partial charge in [-0.25, -0.2) is 0 Å². The first-order chi connectivity index (χ1) is 11.7. The summed E-state index contributed by atoms with van der Waals surface area (Å²) in [5.74, 6) is -0.629. The second-order valence-electron chi connectivity index (χ2n) is 6.09. The standard InChI is InChI=1S/C20H21NO3/c22-19(17-9-5-2-6-10-17)13-20(23)24-18-11-12-21(15-18)14-16-7-3-1-4-8-16/h1-10,18H,11-15H2. The Kier molecular flexibility index (Phi) is 5.39. The number of hydrogen-bond acceptors (Lipinski definition) is 4. The van der Waals surface area contributed by atoms with Crippen LogP contribution in [-0.2, 0) is 16.1 Å². The Labute approximate surface area is 142 Å². The maximum absolute atomic E-state index is 12.0. The minimum atomic E-state index is -0.435. The van der Waals surface area contributed by atoms with E-state index in [-0.39, 0.29) is 18.3 Å². The van der Waals surface area contributed by atoms with Gasteiger partial charge in [-0.3, -0.25) is 14.5 Å². The van der Waals surface area contributed by atoms with Gasteiger partial charge in [-0.2, -0.15) is 0 Å². The van der Waals surface area contributed by atoms with Crippen LogP contribution in [0.2, 0.25) is 0 Å². The Morgan fingerprint density at radius 2 is 1.67 bits per heavy atom. The maximum Gasteiger partial charge on any atom is 0.314 e. The molecule has 1 unspecified atom stereocenters. The Morgan fingerprint density at radius 1 is 1.00 bits per heavy atom. The molecule has 24 heavy (non-hydrogen) atoms. The highest BCUT2D eigenvalue weighted by Crippen LogP contribution is 2.17. The summed E-state index contributed by atoms with van der Waals surface area (Å²) >= 11 is 0. The first-order valence-corrected chi connectivity index (χ1v) is 8.25. The molecule has 3 rings (SSSR count). The number of hydrogen-bond donors (Lipinski definition) is 0. The average Bonchev–Trinajstić information content (AvgIpc) is 3.03. The van der Waals surface area contributed by atoms with E-state index in [4.69, 9.17) is 4.74 Å². The van der Waals surface area contributed by atoms with E-state index in [9.17, 15) is 9.59 Å². The second-order valence-corrected chi connectivity index (χ2v) is 6.09. The number of carbonyl (C=O) groups excluding carboxylic acids is 2. The fourth-order valence-electron chi connectivity index (χ4n) is 2.96. The molecule has 1 aliphatic rings. The lowest BCUT2D eigenvalue weighted by Crippen LogP contribution is -2.25. The Morgan fingerprint density at radius 3 is 2.38 bits per heavy atom. The Hall–Kier alpha value is -2.46. The number of nitrogens with zero attached hydrogens (tertiary/aromatic N) is 1. The monoisotopic (exact) mass is 323 g/mol. The third-order valence-electron chi connectivity index (χ3n) is 4.18. The van der Waals surface area contributed by atoms with Crippen LogP contribution < -0.4 is 0 Å². The molecule has 0 radical (unpaired) electrons. The van der Waals surface area contributed by atoms with Gasteiger partial charge in [-0.05, 0) is 12.0 Å². The van der Waals surface area contributed by atoms with Gasteiger partial charge >= 0.3 is 5.97 Å². The van der Waals surface area contributed by atoms with Crippen molar-refractivity contribution in [1.82, 2.24) is 4.90 Å². The minimum absolute atomic E-state index is 0.121. The van der Waals surface area contributed by atoms with Crippen LogP contribution in [0.4, 0.5) is 0 Å². The lowest BCUT2D eigenvalue weighted by molar-refractivity contribution is -0.147. The molecule has 1 atom stereocenters. The molecular formula is C20H21NO3. The van der Waals surface area contributed by atoms with Crippen molar-refractivity contribution in [3.8, 4) is 0 Å². The van der Waals surface area contributed by atoms with Crippen molar-refractivity contribution >= 4 is 11.8 Å². The molecule has 2 aromatic rings. The molecule has 4 nitrogen and oxygen atoms in total. The second kappa shape index (κ2) is 7.88. The summed E-state index contributed by atoms with van der Waals surface area (Å²) in [7, 11) is 0. The van der Waals surface area contributed by atoms with Crippen LogP contribution in [0, 0.1) is 0 Å². The lowest BCUT2D eigenvalue weighted by Gasteiger charge is -2.16. The third-order valence-corrected chi connectivity index (χ3v) is 4.18. The van der Waals surface area contributed by atoms with Crippen LogP contribution in [0.25, 0.3) is 0 Å². The van der Waals surface area contributed by atoms with Crippen molar-refractivity contribution in [3.63, 3.8) is 0 Å². The Bertz CT molecular complexity index is 685. The number of carbonyl (C=O) groups is 2. The molecule has 124 valence electrons. The Balaban J connectivity index is 1.45. The highest BCUT2D eigenvalue weighted by atomic mass is 16.5. The van der Waals surface area contributed by atoms with E-state index in [2.05, 4.69) is 17.0 Å². The van der Waals surface area contributed by atoms with E-state index in [1.54, 1.807) is 24.3 Å². The van der Waals surface area contributed by atoms with Gasteiger partial charge in [0.2, 0.25) is 0 Å². The zero-order chi connectivity index (χ0) is 16.8. The molecule has 0 N–H and O–H groups in total. The van der Waals surface area contributed by atoms with Gasteiger partial charge in [0.1, 0.15) is 12.5 Å². The first kappa shape index (κ1) is 16.4. The highest BCUT2D eigenvalue weighted by molar-refractivity contribution is 6.05. The molecule has 0 aromatic heterocycles. The zero-order valence-electron chi connectivity index (χ0n) is 13.6. The van der Waals surface area contributed by atoms with E-state index < -0.39 is 5.97 Å². The zero-order valence-corrected chi connectivity index (χ0v) is 13.6. The quantitative estimate of drug-likeness (QED) is 0.466. The van der Waals surface area contributed by atoms with E-state index in [1.807, 2.05) is 24.3 Å². The molecule has 1 heterocycles. The number of likely N-dealkylation sites (tertiary alicyclic amines) is 1. The van der Waals surface area contributed by atoms with Crippen molar-refractivity contribution < 1.29 is 14.3 Å². The molecule has 2 aromatic carbocycles. The van der Waals surface area contributed by atoms with Gasteiger partial charge in [0.05, 0.1) is 0 Å². The minimum Gasteiger partial charge on any atom is -0.461 e. The molecule has 1 aliphatic heterocycles. The van der Waals surface area contributed by atoms with E-state index in [0.717, 1.165) is 26.1 Å². The maximum atomic E-state index is 12.0. The van der Waals surface area contributed by atoms with Crippen molar-refractivity contribution in [2.45, 2.75) is 25.5 Å². The predicted octanol–water partition coefficient (Wildman–Crippen LogP) is 3.08. The average molecular weight is 323 g/mol. The van der Waals surface area contributed by atoms with Crippen molar-refractivity contribution in [1.29, 1.82) is 0 Å². The first-order valence-electron chi connectivity index (χ1n) is 8.25. The molecular weight excluding hydrogens is 302 g/mol. The molecule has 4 heteroatoms. The normalized spacial score (nSPS) is 17.6. The van der Waals surface area contributed by atoms with Crippen LogP contribution >= 0.6 is 0 Å². The lowest BCUT2D eigenvalue weighted by atomic mass is 10.1. The molecule has 0 amide bonds. The van der Waals surface area contributed by atoms with Crippen LogP contribution in [0.5, 0.6) is 0 Å². The molecule has 1 saturated heterocycles. The smallest absolute Gasteiger partial charge is 0.314 e. The molecule has 0 spiro atoms. The number of benzene rings is 2. The topological polar surface area (TPSA) is 46.6 Å². The van der Waals surface area contributed by atoms with E-state index in [0.29, 0.717) is 5.56 Å². The van der Waals surface area contributed by atoms with Crippen LogP contribution in [0.15, 0.2) is 60.7 Å². The fraction of sp³-hybridized carbons (Fsp3) is 0.300. The number of ether oxygens (including phenoxy) is 1. The van der Waals surface area contributed by atoms with Crippen LogP contribution in [0.1, 0.15) is 28.8 Å². The molecule has 0 aliphatic carbocycles. The summed E-state index contributed by atoms with van der Waals surface area (Å²) < 4.78 is 5.47. The highest BCUT2D eigenvalue weighted by Gasteiger charge is 2.26. The van der Waals surface area contributed by atoms with Crippen molar-refractivity contribution in [3.05, 3.63) is 71.8 Å². The summed E-state index contributed by atoms with van der Waals surface area (Å²) in [6.07, 6.45) is 0.502. The van der Waals surface area contributed by atoms with Crippen molar-refractivity contribution in [2.24, 2.45) is 0 Å². The van der Waals surface area contributed by atoms with E-state index >= 15 is 0 Å². The van der Waals surface area contributed by atoms with Gasteiger partial charge in [-0.1, -0.05) is 60.7 Å². The number of Topliss-reactive ketones (excluding diaryl/α,β-unsaturated/α-hetero) is 1. The van der Waals surface area contributed by atoms with Gasteiger partial charge in [0.15, 0.2) is 5.78 Å². The number of esters is 1. The summed E-state index contributed by atoms with van der Waals surface area (Å²) in [5, 5.41) is 0.